The third-order valence-corrected chi connectivity index (χ3v) is 8.41. The standard InChI is InChI=1S/C28H44N2O2/c1-28(2,3)23(20-31)19-29-24-9-7-21(8-10-24)11-15-30-16-12-22(13-17-30)25-5-4-6-27-26(25)14-18-32-27/h4-6,20-24,29H,7-19H2,1-3H3. The lowest BCUT2D eigenvalue weighted by Crippen LogP contribution is -2.40. The molecule has 1 atom stereocenters. The summed E-state index contributed by atoms with van der Waals surface area (Å²) in [6, 6.07) is 7.26. The molecule has 0 radical (unpaired) electrons. The third kappa shape index (κ3) is 5.94. The highest BCUT2D eigenvalue weighted by atomic mass is 16.5. The lowest BCUT2D eigenvalue weighted by atomic mass is 9.80. The summed E-state index contributed by atoms with van der Waals surface area (Å²) < 4.78 is 5.78. The van der Waals surface area contributed by atoms with E-state index >= 15 is 0 Å². The number of fused-ring (bicyclic) bond motifs is 1. The number of rotatable bonds is 8. The van der Waals surface area contributed by atoms with Crippen LogP contribution in [0.1, 0.15) is 82.8 Å². The molecule has 2 fully saturated rings. The lowest BCUT2D eigenvalue weighted by Gasteiger charge is -2.35. The Kier molecular flexibility index (Phi) is 7.94. The van der Waals surface area contributed by atoms with Gasteiger partial charge in [-0.3, -0.25) is 0 Å². The van der Waals surface area contributed by atoms with Gasteiger partial charge in [0, 0.05) is 30.5 Å². The van der Waals surface area contributed by atoms with Crippen molar-refractivity contribution in [3.05, 3.63) is 29.3 Å². The second-order valence-corrected chi connectivity index (χ2v) is 11.6. The normalized spacial score (nSPS) is 25.8. The first-order valence-corrected chi connectivity index (χ1v) is 13.1. The number of benzene rings is 1. The Morgan fingerprint density at radius 3 is 2.56 bits per heavy atom. The highest BCUT2D eigenvalue weighted by Crippen LogP contribution is 2.37. The minimum Gasteiger partial charge on any atom is -0.493 e. The minimum absolute atomic E-state index is 0.0493. The van der Waals surface area contributed by atoms with Gasteiger partial charge in [0.15, 0.2) is 0 Å². The molecule has 1 aliphatic carbocycles. The average Bonchev–Trinajstić information content (AvgIpc) is 3.27. The molecule has 2 aliphatic heterocycles. The van der Waals surface area contributed by atoms with E-state index in [9.17, 15) is 4.79 Å². The van der Waals surface area contributed by atoms with Gasteiger partial charge in [-0.1, -0.05) is 32.9 Å². The molecule has 1 aromatic rings. The number of carbonyl (C=O) groups is 1. The maximum absolute atomic E-state index is 11.4. The summed E-state index contributed by atoms with van der Waals surface area (Å²) in [5, 5.41) is 3.69. The van der Waals surface area contributed by atoms with Gasteiger partial charge in [-0.15, -0.1) is 0 Å². The number of nitrogens with zero attached hydrogens (tertiary/aromatic N) is 1. The van der Waals surface area contributed by atoms with Crippen molar-refractivity contribution < 1.29 is 9.53 Å². The van der Waals surface area contributed by atoms with Crippen molar-refractivity contribution in [3.8, 4) is 5.75 Å². The van der Waals surface area contributed by atoms with E-state index in [1.165, 1.54) is 70.1 Å². The number of likely N-dealkylation sites (tertiary alicyclic amines) is 1. The van der Waals surface area contributed by atoms with Gasteiger partial charge in [0.25, 0.3) is 0 Å². The molecule has 1 saturated carbocycles. The maximum Gasteiger partial charge on any atom is 0.124 e. The van der Waals surface area contributed by atoms with Gasteiger partial charge in [-0.05, 0) is 93.5 Å². The quantitative estimate of drug-likeness (QED) is 0.564. The summed E-state index contributed by atoms with van der Waals surface area (Å²) in [4.78, 5) is 14.1. The zero-order valence-corrected chi connectivity index (χ0v) is 20.6. The largest absolute Gasteiger partial charge is 0.493 e. The molecule has 1 saturated heterocycles. The van der Waals surface area contributed by atoms with E-state index in [-0.39, 0.29) is 11.3 Å². The minimum atomic E-state index is 0.0493. The second kappa shape index (κ2) is 10.7. The Balaban J connectivity index is 1.14. The van der Waals surface area contributed by atoms with Crippen LogP contribution < -0.4 is 10.1 Å². The van der Waals surface area contributed by atoms with E-state index < -0.39 is 0 Å². The van der Waals surface area contributed by atoms with Gasteiger partial charge in [-0.25, -0.2) is 0 Å². The number of aldehydes is 1. The molecular formula is C28H44N2O2. The monoisotopic (exact) mass is 440 g/mol. The molecule has 0 aromatic heterocycles. The predicted molar refractivity (Wildman–Crippen MR) is 131 cm³/mol. The van der Waals surface area contributed by atoms with E-state index in [1.54, 1.807) is 5.56 Å². The molecule has 178 valence electrons. The summed E-state index contributed by atoms with van der Waals surface area (Å²) in [5.41, 5.74) is 3.10. The first kappa shape index (κ1) is 23.8. The van der Waals surface area contributed by atoms with E-state index in [0.29, 0.717) is 12.0 Å². The molecule has 0 spiro atoms. The number of ether oxygens (including phenoxy) is 1. The van der Waals surface area contributed by atoms with Crippen molar-refractivity contribution in [2.75, 3.05) is 32.8 Å². The molecular weight excluding hydrogens is 396 g/mol. The molecule has 1 N–H and O–H groups in total. The molecule has 4 heteroatoms. The van der Waals surface area contributed by atoms with E-state index in [4.69, 9.17) is 4.74 Å². The van der Waals surface area contributed by atoms with Crippen LogP contribution in [-0.2, 0) is 11.2 Å². The van der Waals surface area contributed by atoms with E-state index in [2.05, 4.69) is 49.2 Å². The highest BCUT2D eigenvalue weighted by molar-refractivity contribution is 5.55. The molecule has 4 rings (SSSR count). The molecule has 3 aliphatic rings. The Morgan fingerprint density at radius 1 is 1.12 bits per heavy atom. The zero-order chi connectivity index (χ0) is 22.6. The Morgan fingerprint density at radius 2 is 1.88 bits per heavy atom. The van der Waals surface area contributed by atoms with Crippen LogP contribution in [0.4, 0.5) is 0 Å². The van der Waals surface area contributed by atoms with Crippen molar-refractivity contribution in [1.82, 2.24) is 10.2 Å². The smallest absolute Gasteiger partial charge is 0.124 e. The molecule has 0 amide bonds. The molecule has 1 aromatic carbocycles. The van der Waals surface area contributed by atoms with Crippen molar-refractivity contribution in [2.24, 2.45) is 17.3 Å². The fourth-order valence-electron chi connectivity index (χ4n) is 5.97. The van der Waals surface area contributed by atoms with Gasteiger partial charge in [0.1, 0.15) is 12.0 Å². The summed E-state index contributed by atoms with van der Waals surface area (Å²) in [6.45, 7) is 11.9. The topological polar surface area (TPSA) is 41.6 Å². The number of nitrogens with one attached hydrogen (secondary N) is 1. The van der Waals surface area contributed by atoms with Crippen molar-refractivity contribution in [2.45, 2.75) is 84.1 Å². The molecule has 2 heterocycles. The van der Waals surface area contributed by atoms with Gasteiger partial charge >= 0.3 is 0 Å². The summed E-state index contributed by atoms with van der Waals surface area (Å²) >= 11 is 0. The molecule has 32 heavy (non-hydrogen) atoms. The van der Waals surface area contributed by atoms with Gasteiger partial charge in [0.2, 0.25) is 0 Å². The van der Waals surface area contributed by atoms with Crippen molar-refractivity contribution >= 4 is 6.29 Å². The first-order chi connectivity index (χ1) is 15.4. The van der Waals surface area contributed by atoms with Crippen molar-refractivity contribution in [1.29, 1.82) is 0 Å². The van der Waals surface area contributed by atoms with Crippen LogP contribution in [0.2, 0.25) is 0 Å². The van der Waals surface area contributed by atoms with E-state index in [1.807, 2.05) is 0 Å². The Hall–Kier alpha value is -1.39. The average molecular weight is 441 g/mol. The van der Waals surface area contributed by atoms with Gasteiger partial charge in [0.05, 0.1) is 6.61 Å². The summed E-state index contributed by atoms with van der Waals surface area (Å²) in [5.74, 6) is 2.83. The van der Waals surface area contributed by atoms with Crippen LogP contribution in [0.3, 0.4) is 0 Å². The maximum atomic E-state index is 11.4. The molecule has 1 unspecified atom stereocenters. The first-order valence-electron chi connectivity index (χ1n) is 13.1. The Labute approximate surface area is 195 Å². The summed E-state index contributed by atoms with van der Waals surface area (Å²) in [6.07, 6.45) is 11.4. The molecule has 4 nitrogen and oxygen atoms in total. The zero-order valence-electron chi connectivity index (χ0n) is 20.6. The van der Waals surface area contributed by atoms with E-state index in [0.717, 1.165) is 37.5 Å². The fourth-order valence-corrected chi connectivity index (χ4v) is 5.97. The second-order valence-electron chi connectivity index (χ2n) is 11.6. The predicted octanol–water partition coefficient (Wildman–Crippen LogP) is 5.20. The number of carbonyl (C=O) groups excluding carboxylic acids is 1. The number of hydrogen-bond acceptors (Lipinski definition) is 4. The van der Waals surface area contributed by atoms with Gasteiger partial charge in [-0.2, -0.15) is 0 Å². The Bertz CT molecular complexity index is 740. The SMILES string of the molecule is CC(C)(C)C(C=O)CNC1CCC(CCN2CCC(c3cccc4c3CCO4)CC2)CC1. The highest BCUT2D eigenvalue weighted by Gasteiger charge is 2.28. The lowest BCUT2D eigenvalue weighted by molar-refractivity contribution is -0.113. The molecule has 0 bridgehead atoms. The van der Waals surface area contributed by atoms with Crippen LogP contribution >= 0.6 is 0 Å². The van der Waals surface area contributed by atoms with Crippen LogP contribution in [0.15, 0.2) is 18.2 Å². The number of piperidine rings is 1. The number of hydrogen-bond donors (Lipinski definition) is 1. The van der Waals surface area contributed by atoms with Crippen LogP contribution in [0.5, 0.6) is 5.75 Å². The fraction of sp³-hybridized carbons (Fsp3) is 0.750. The van der Waals surface area contributed by atoms with Crippen LogP contribution in [-0.4, -0.2) is 50.0 Å². The summed E-state index contributed by atoms with van der Waals surface area (Å²) in [7, 11) is 0. The van der Waals surface area contributed by atoms with Gasteiger partial charge < -0.3 is 19.7 Å². The van der Waals surface area contributed by atoms with Crippen molar-refractivity contribution in [3.63, 3.8) is 0 Å². The van der Waals surface area contributed by atoms with Crippen LogP contribution in [0.25, 0.3) is 0 Å². The third-order valence-electron chi connectivity index (χ3n) is 8.41. The van der Waals surface area contributed by atoms with Crippen LogP contribution in [0, 0.1) is 17.3 Å².